The molecule has 2 saturated heterocycles. The van der Waals surface area contributed by atoms with Crippen LogP contribution in [0.3, 0.4) is 0 Å². The highest BCUT2D eigenvalue weighted by Gasteiger charge is 2.28. The molecule has 1 N–H and O–H groups in total. The van der Waals surface area contributed by atoms with Gasteiger partial charge in [-0.1, -0.05) is 6.92 Å². The molecule has 2 atom stereocenters. The van der Waals surface area contributed by atoms with E-state index in [2.05, 4.69) is 17.1 Å². The molecule has 0 saturated carbocycles. The first-order chi connectivity index (χ1) is 6.38. The summed E-state index contributed by atoms with van der Waals surface area (Å²) in [6, 6.07) is 0.774. The van der Waals surface area contributed by atoms with Gasteiger partial charge in [0.1, 0.15) is 0 Å². The van der Waals surface area contributed by atoms with Crippen LogP contribution in [0, 0.1) is 5.92 Å². The van der Waals surface area contributed by atoms with Crippen LogP contribution in [0.25, 0.3) is 0 Å². The molecule has 2 aliphatic rings. The second-order valence-corrected chi connectivity index (χ2v) is 4.19. The molecule has 2 rings (SSSR count). The average Bonchev–Trinajstić information content (AvgIpc) is 2.20. The number of ether oxygens (including phenoxy) is 1. The molecule has 76 valence electrons. The Bertz CT molecular complexity index is 157. The Morgan fingerprint density at radius 3 is 2.77 bits per heavy atom. The third-order valence-corrected chi connectivity index (χ3v) is 3.22. The molecule has 0 aromatic carbocycles. The van der Waals surface area contributed by atoms with E-state index in [-0.39, 0.29) is 0 Å². The number of hydrogen-bond acceptors (Lipinski definition) is 3. The summed E-state index contributed by atoms with van der Waals surface area (Å²) in [6.07, 6.45) is 1.22. The standard InChI is InChI=1S/C10H20N2O/c1-9-8-13-7-2-10(9)12-5-3-11-4-6-12/h9-11H,2-8H2,1H3/t9-,10+/m1/s1. The van der Waals surface area contributed by atoms with Crippen LogP contribution in [0.1, 0.15) is 13.3 Å². The van der Waals surface area contributed by atoms with Gasteiger partial charge in [-0.25, -0.2) is 0 Å². The third-order valence-electron chi connectivity index (χ3n) is 3.22. The first-order valence-corrected chi connectivity index (χ1v) is 5.40. The van der Waals surface area contributed by atoms with E-state index >= 15 is 0 Å². The fourth-order valence-corrected chi connectivity index (χ4v) is 2.43. The Kier molecular flexibility index (Phi) is 3.19. The number of hydrogen-bond donors (Lipinski definition) is 1. The molecule has 0 aromatic heterocycles. The van der Waals surface area contributed by atoms with Crippen LogP contribution < -0.4 is 5.32 Å². The zero-order valence-electron chi connectivity index (χ0n) is 8.46. The van der Waals surface area contributed by atoms with Crippen molar-refractivity contribution >= 4 is 0 Å². The van der Waals surface area contributed by atoms with Crippen molar-refractivity contribution in [2.45, 2.75) is 19.4 Å². The first kappa shape index (κ1) is 9.44. The zero-order chi connectivity index (χ0) is 9.10. The minimum atomic E-state index is 0.715. The summed E-state index contributed by atoms with van der Waals surface area (Å²) in [5, 5.41) is 3.40. The van der Waals surface area contributed by atoms with Crippen molar-refractivity contribution in [3.05, 3.63) is 0 Å². The molecule has 2 fully saturated rings. The quantitative estimate of drug-likeness (QED) is 0.635. The maximum Gasteiger partial charge on any atom is 0.0506 e. The molecule has 0 radical (unpaired) electrons. The first-order valence-electron chi connectivity index (χ1n) is 5.40. The van der Waals surface area contributed by atoms with Gasteiger partial charge in [-0.3, -0.25) is 4.90 Å². The Labute approximate surface area is 80.4 Å². The summed E-state index contributed by atoms with van der Waals surface area (Å²) >= 11 is 0. The molecule has 2 aliphatic heterocycles. The second-order valence-electron chi connectivity index (χ2n) is 4.19. The van der Waals surface area contributed by atoms with Crippen molar-refractivity contribution in [2.75, 3.05) is 39.4 Å². The molecule has 0 unspecified atom stereocenters. The minimum absolute atomic E-state index is 0.715. The highest BCUT2D eigenvalue weighted by Crippen LogP contribution is 2.20. The Morgan fingerprint density at radius 1 is 1.31 bits per heavy atom. The van der Waals surface area contributed by atoms with Gasteiger partial charge in [-0.2, -0.15) is 0 Å². The SMILES string of the molecule is C[C@@H]1COCC[C@@H]1N1CCNCC1. The van der Waals surface area contributed by atoms with Gasteiger partial charge in [-0.05, 0) is 12.3 Å². The molecular formula is C10H20N2O. The minimum Gasteiger partial charge on any atom is -0.381 e. The maximum atomic E-state index is 5.46. The van der Waals surface area contributed by atoms with E-state index in [9.17, 15) is 0 Å². The van der Waals surface area contributed by atoms with Crippen molar-refractivity contribution < 1.29 is 4.74 Å². The van der Waals surface area contributed by atoms with E-state index < -0.39 is 0 Å². The number of nitrogens with one attached hydrogen (secondary N) is 1. The lowest BCUT2D eigenvalue weighted by Gasteiger charge is -2.40. The van der Waals surface area contributed by atoms with Gasteiger partial charge in [0, 0.05) is 38.8 Å². The molecule has 2 heterocycles. The fourth-order valence-electron chi connectivity index (χ4n) is 2.43. The Morgan fingerprint density at radius 2 is 2.08 bits per heavy atom. The highest BCUT2D eigenvalue weighted by molar-refractivity contribution is 4.82. The molecule has 3 heteroatoms. The zero-order valence-corrected chi connectivity index (χ0v) is 8.46. The van der Waals surface area contributed by atoms with Gasteiger partial charge < -0.3 is 10.1 Å². The second kappa shape index (κ2) is 4.40. The van der Waals surface area contributed by atoms with Gasteiger partial charge in [0.15, 0.2) is 0 Å². The van der Waals surface area contributed by atoms with Gasteiger partial charge in [0.2, 0.25) is 0 Å². The lowest BCUT2D eigenvalue weighted by atomic mass is 9.95. The van der Waals surface area contributed by atoms with Gasteiger partial charge in [0.25, 0.3) is 0 Å². The van der Waals surface area contributed by atoms with Crippen molar-refractivity contribution in [3.63, 3.8) is 0 Å². The van der Waals surface area contributed by atoms with Crippen molar-refractivity contribution in [2.24, 2.45) is 5.92 Å². The van der Waals surface area contributed by atoms with E-state index in [0.717, 1.165) is 32.3 Å². The van der Waals surface area contributed by atoms with Crippen LogP contribution in [0.15, 0.2) is 0 Å². The van der Waals surface area contributed by atoms with Crippen LogP contribution in [-0.2, 0) is 4.74 Å². The molecule has 13 heavy (non-hydrogen) atoms. The molecule has 0 aliphatic carbocycles. The normalized spacial score (nSPS) is 37.6. The van der Waals surface area contributed by atoms with Crippen LogP contribution in [0.4, 0.5) is 0 Å². The van der Waals surface area contributed by atoms with Gasteiger partial charge in [0.05, 0.1) is 6.61 Å². The summed E-state index contributed by atoms with van der Waals surface area (Å²) in [5.74, 6) is 0.715. The summed E-state index contributed by atoms with van der Waals surface area (Å²) in [5.41, 5.74) is 0. The van der Waals surface area contributed by atoms with E-state index in [1.54, 1.807) is 0 Å². The number of rotatable bonds is 1. The van der Waals surface area contributed by atoms with E-state index in [0.29, 0.717) is 5.92 Å². The smallest absolute Gasteiger partial charge is 0.0506 e. The predicted molar refractivity (Wildman–Crippen MR) is 52.8 cm³/mol. The maximum absolute atomic E-state index is 5.46. The van der Waals surface area contributed by atoms with Crippen LogP contribution >= 0.6 is 0 Å². The van der Waals surface area contributed by atoms with Gasteiger partial charge >= 0.3 is 0 Å². The number of nitrogens with zero attached hydrogens (tertiary/aromatic N) is 1. The average molecular weight is 184 g/mol. The molecular weight excluding hydrogens is 164 g/mol. The lowest BCUT2D eigenvalue weighted by molar-refractivity contribution is -0.00937. The molecule has 3 nitrogen and oxygen atoms in total. The van der Waals surface area contributed by atoms with E-state index in [1.807, 2.05) is 0 Å². The highest BCUT2D eigenvalue weighted by atomic mass is 16.5. The van der Waals surface area contributed by atoms with Gasteiger partial charge in [-0.15, -0.1) is 0 Å². The summed E-state index contributed by atoms with van der Waals surface area (Å²) < 4.78 is 5.46. The number of piperazine rings is 1. The summed E-state index contributed by atoms with van der Waals surface area (Å²) in [6.45, 7) is 8.97. The summed E-state index contributed by atoms with van der Waals surface area (Å²) in [4.78, 5) is 2.63. The van der Waals surface area contributed by atoms with Crippen molar-refractivity contribution in [1.29, 1.82) is 0 Å². The Balaban J connectivity index is 1.88. The van der Waals surface area contributed by atoms with Crippen LogP contribution in [-0.4, -0.2) is 50.3 Å². The molecule has 0 bridgehead atoms. The summed E-state index contributed by atoms with van der Waals surface area (Å²) in [7, 11) is 0. The lowest BCUT2D eigenvalue weighted by Crippen LogP contribution is -2.52. The predicted octanol–water partition coefficient (Wildman–Crippen LogP) is 0.317. The largest absolute Gasteiger partial charge is 0.381 e. The molecule has 0 amide bonds. The van der Waals surface area contributed by atoms with Crippen molar-refractivity contribution in [1.82, 2.24) is 10.2 Å². The fraction of sp³-hybridized carbons (Fsp3) is 1.00. The van der Waals surface area contributed by atoms with E-state index in [4.69, 9.17) is 4.74 Å². The van der Waals surface area contributed by atoms with Crippen molar-refractivity contribution in [3.8, 4) is 0 Å². The van der Waals surface area contributed by atoms with Crippen LogP contribution in [0.5, 0.6) is 0 Å². The van der Waals surface area contributed by atoms with Crippen LogP contribution in [0.2, 0.25) is 0 Å². The Hall–Kier alpha value is -0.120. The molecule has 0 aromatic rings. The third kappa shape index (κ3) is 2.22. The molecule has 0 spiro atoms. The topological polar surface area (TPSA) is 24.5 Å². The van der Waals surface area contributed by atoms with E-state index in [1.165, 1.54) is 19.5 Å². The monoisotopic (exact) mass is 184 g/mol.